The fourth-order valence-corrected chi connectivity index (χ4v) is 2.42. The molecule has 1 N–H and O–H groups in total. The lowest BCUT2D eigenvalue weighted by molar-refractivity contribution is 0.0685. The van der Waals surface area contributed by atoms with Gasteiger partial charge in [0.25, 0.3) is 0 Å². The van der Waals surface area contributed by atoms with E-state index in [2.05, 4.69) is 15.9 Å². The highest BCUT2D eigenvalue weighted by Gasteiger charge is 2.12. The number of halogens is 1. The Hall–Kier alpha value is -1.95. The molecule has 0 atom stereocenters. The minimum absolute atomic E-state index is 0.228. The first-order valence-electron chi connectivity index (χ1n) is 5.85. The molecule has 0 unspecified atom stereocenters. The number of carboxylic acids is 1. The fraction of sp³-hybridized carbons (Fsp3) is 0.214. The number of ether oxygens (including phenoxy) is 2. The summed E-state index contributed by atoms with van der Waals surface area (Å²) in [5.41, 5.74) is 1.15. The number of benzene rings is 1. The largest absolute Gasteiger partial charge is 0.493 e. The molecule has 0 saturated carbocycles. The van der Waals surface area contributed by atoms with Crippen molar-refractivity contribution >= 4 is 21.9 Å². The maximum atomic E-state index is 11.2. The molecule has 1 aromatic carbocycles. The van der Waals surface area contributed by atoms with Gasteiger partial charge in [0, 0.05) is 17.2 Å². The van der Waals surface area contributed by atoms with Gasteiger partial charge in [-0.3, -0.25) is 0 Å². The van der Waals surface area contributed by atoms with Gasteiger partial charge in [-0.25, -0.2) is 4.79 Å². The highest BCUT2D eigenvalue weighted by Crippen LogP contribution is 2.28. The molecular weight excluding hydrogens is 326 g/mol. The van der Waals surface area contributed by atoms with E-state index in [9.17, 15) is 4.79 Å². The van der Waals surface area contributed by atoms with E-state index in [1.807, 2.05) is 12.1 Å². The van der Waals surface area contributed by atoms with Gasteiger partial charge in [-0.2, -0.15) is 0 Å². The third kappa shape index (κ3) is 2.96. The third-order valence-corrected chi connectivity index (χ3v) is 3.32. The van der Waals surface area contributed by atoms with Gasteiger partial charge in [-0.15, -0.1) is 0 Å². The Morgan fingerprint density at radius 1 is 1.25 bits per heavy atom. The average Bonchev–Trinajstić information content (AvgIpc) is 2.79. The average molecular weight is 340 g/mol. The van der Waals surface area contributed by atoms with E-state index in [-0.39, 0.29) is 5.69 Å². The molecule has 2 rings (SSSR count). The lowest BCUT2D eigenvalue weighted by Crippen LogP contribution is -2.08. The summed E-state index contributed by atoms with van der Waals surface area (Å²) in [6.45, 7) is 0.438. The van der Waals surface area contributed by atoms with Crippen molar-refractivity contribution in [3.8, 4) is 11.5 Å². The minimum atomic E-state index is -0.962. The van der Waals surface area contributed by atoms with E-state index >= 15 is 0 Å². The molecule has 0 saturated heterocycles. The van der Waals surface area contributed by atoms with E-state index in [1.54, 1.807) is 37.1 Å². The molecule has 0 spiro atoms. The maximum Gasteiger partial charge on any atom is 0.352 e. The van der Waals surface area contributed by atoms with Gasteiger partial charge < -0.3 is 19.1 Å². The van der Waals surface area contributed by atoms with Crippen LogP contribution in [0.5, 0.6) is 11.5 Å². The van der Waals surface area contributed by atoms with Crippen molar-refractivity contribution in [2.24, 2.45) is 0 Å². The molecule has 0 aliphatic carbocycles. The maximum absolute atomic E-state index is 11.2. The number of hydrogen-bond donors (Lipinski definition) is 1. The molecule has 2 aromatic rings. The molecule has 6 heteroatoms. The summed E-state index contributed by atoms with van der Waals surface area (Å²) in [6, 6.07) is 7.08. The molecule has 0 amide bonds. The highest BCUT2D eigenvalue weighted by molar-refractivity contribution is 9.10. The lowest BCUT2D eigenvalue weighted by Gasteiger charge is -2.11. The Balaban J connectivity index is 2.33. The van der Waals surface area contributed by atoms with Gasteiger partial charge in [-0.1, -0.05) is 6.07 Å². The summed E-state index contributed by atoms with van der Waals surface area (Å²) in [5, 5.41) is 9.15. The van der Waals surface area contributed by atoms with Crippen LogP contribution in [-0.4, -0.2) is 29.9 Å². The van der Waals surface area contributed by atoms with Gasteiger partial charge in [-0.05, 0) is 39.7 Å². The first-order chi connectivity index (χ1) is 9.55. The lowest BCUT2D eigenvalue weighted by atomic mass is 10.2. The molecule has 5 nitrogen and oxygen atoms in total. The molecule has 0 aliphatic rings. The first-order valence-corrected chi connectivity index (χ1v) is 6.64. The van der Waals surface area contributed by atoms with E-state index in [0.29, 0.717) is 18.0 Å². The molecule has 20 heavy (non-hydrogen) atoms. The molecule has 0 fully saturated rings. The Labute approximate surface area is 124 Å². The van der Waals surface area contributed by atoms with Crippen molar-refractivity contribution in [3.05, 3.63) is 46.2 Å². The summed E-state index contributed by atoms with van der Waals surface area (Å²) in [5.74, 6) is 0.299. The van der Waals surface area contributed by atoms with Gasteiger partial charge in [0.05, 0.1) is 14.2 Å². The number of aromatic carboxylic acids is 1. The Morgan fingerprint density at radius 2 is 1.95 bits per heavy atom. The normalized spacial score (nSPS) is 10.3. The monoisotopic (exact) mass is 339 g/mol. The van der Waals surface area contributed by atoms with E-state index in [0.717, 1.165) is 10.0 Å². The van der Waals surface area contributed by atoms with Crippen LogP contribution < -0.4 is 9.47 Å². The second kappa shape index (κ2) is 6.00. The Morgan fingerprint density at radius 3 is 2.55 bits per heavy atom. The van der Waals surface area contributed by atoms with Crippen molar-refractivity contribution in [1.82, 2.24) is 4.57 Å². The first kappa shape index (κ1) is 14.5. The molecule has 1 aromatic heterocycles. The Bertz CT molecular complexity index is 636. The second-order valence-electron chi connectivity index (χ2n) is 4.17. The van der Waals surface area contributed by atoms with Crippen molar-refractivity contribution in [2.75, 3.05) is 14.2 Å². The van der Waals surface area contributed by atoms with Gasteiger partial charge in [0.2, 0.25) is 0 Å². The topological polar surface area (TPSA) is 60.7 Å². The number of carboxylic acid groups (broad SMARTS) is 1. The van der Waals surface area contributed by atoms with Crippen molar-refractivity contribution in [2.45, 2.75) is 6.54 Å². The minimum Gasteiger partial charge on any atom is -0.493 e. The molecule has 0 aliphatic heterocycles. The van der Waals surface area contributed by atoms with E-state index < -0.39 is 5.97 Å². The van der Waals surface area contributed by atoms with Crippen LogP contribution in [0.4, 0.5) is 0 Å². The highest BCUT2D eigenvalue weighted by atomic mass is 79.9. The van der Waals surface area contributed by atoms with Gasteiger partial charge >= 0.3 is 5.97 Å². The van der Waals surface area contributed by atoms with Gasteiger partial charge in [0.1, 0.15) is 5.69 Å². The number of aromatic nitrogens is 1. The van der Waals surface area contributed by atoms with Crippen LogP contribution in [0.1, 0.15) is 16.1 Å². The van der Waals surface area contributed by atoms with Crippen LogP contribution in [0.25, 0.3) is 0 Å². The number of carbonyl (C=O) groups is 1. The van der Waals surface area contributed by atoms with Crippen molar-refractivity contribution < 1.29 is 19.4 Å². The Kier molecular flexibility index (Phi) is 4.34. The number of rotatable bonds is 5. The zero-order chi connectivity index (χ0) is 14.7. The number of methoxy groups -OCH3 is 2. The predicted octanol–water partition coefficient (Wildman–Crippen LogP) is 3.01. The quantitative estimate of drug-likeness (QED) is 0.909. The van der Waals surface area contributed by atoms with Crippen LogP contribution in [0.2, 0.25) is 0 Å². The zero-order valence-electron chi connectivity index (χ0n) is 11.1. The summed E-state index contributed by atoms with van der Waals surface area (Å²) in [7, 11) is 3.14. The fourth-order valence-electron chi connectivity index (χ4n) is 1.96. The van der Waals surface area contributed by atoms with Crippen LogP contribution in [-0.2, 0) is 6.54 Å². The zero-order valence-corrected chi connectivity index (χ0v) is 12.7. The van der Waals surface area contributed by atoms with Crippen LogP contribution in [0.15, 0.2) is 34.9 Å². The molecule has 0 radical (unpaired) electrons. The van der Waals surface area contributed by atoms with Crippen molar-refractivity contribution in [1.29, 1.82) is 0 Å². The number of nitrogens with zero attached hydrogens (tertiary/aromatic N) is 1. The number of hydrogen-bond acceptors (Lipinski definition) is 3. The summed E-state index contributed by atoms with van der Waals surface area (Å²) < 4.78 is 12.8. The van der Waals surface area contributed by atoms with Gasteiger partial charge in [0.15, 0.2) is 11.5 Å². The summed E-state index contributed by atoms with van der Waals surface area (Å²) in [6.07, 6.45) is 1.74. The van der Waals surface area contributed by atoms with Crippen LogP contribution in [0.3, 0.4) is 0 Å². The standard InChI is InChI=1S/C14H14BrNO4/c1-19-12-4-3-9(5-13(12)20-2)7-16-8-10(15)6-11(16)14(17)18/h3-6,8H,7H2,1-2H3,(H,17,18). The SMILES string of the molecule is COc1ccc(Cn2cc(Br)cc2C(=O)O)cc1OC. The van der Waals surface area contributed by atoms with Crippen molar-refractivity contribution in [3.63, 3.8) is 0 Å². The van der Waals surface area contributed by atoms with Crippen LogP contribution in [0, 0.1) is 0 Å². The van der Waals surface area contributed by atoms with E-state index in [4.69, 9.17) is 14.6 Å². The molecule has 106 valence electrons. The van der Waals surface area contributed by atoms with Crippen LogP contribution >= 0.6 is 15.9 Å². The summed E-state index contributed by atoms with van der Waals surface area (Å²) in [4.78, 5) is 11.2. The predicted molar refractivity (Wildman–Crippen MR) is 77.7 cm³/mol. The molecule has 1 heterocycles. The third-order valence-electron chi connectivity index (χ3n) is 2.88. The smallest absolute Gasteiger partial charge is 0.352 e. The van der Waals surface area contributed by atoms with E-state index in [1.165, 1.54) is 0 Å². The molecular formula is C14H14BrNO4. The molecule has 0 bridgehead atoms. The summed E-state index contributed by atoms with van der Waals surface area (Å²) >= 11 is 3.29. The second-order valence-corrected chi connectivity index (χ2v) is 5.08.